The number of benzene rings is 2. The van der Waals surface area contributed by atoms with Crippen molar-refractivity contribution in [2.45, 2.75) is 24.7 Å². The third kappa shape index (κ3) is 4.18. The lowest BCUT2D eigenvalue weighted by molar-refractivity contribution is 0.259. The molecule has 0 amide bonds. The van der Waals surface area contributed by atoms with Crippen molar-refractivity contribution in [2.24, 2.45) is 5.92 Å². The Labute approximate surface area is 142 Å². The standard InChI is InChI=1S/C20H23NOS/c1-15(11-16-7-4-3-5-8-16)12-17-13-18-19(21-17)9-6-10-20(18)23-14-22-2/h3-10,13,15,21H,11-12,14H2,1-2H3. The summed E-state index contributed by atoms with van der Waals surface area (Å²) in [6.07, 6.45) is 2.18. The van der Waals surface area contributed by atoms with Crippen LogP contribution in [-0.4, -0.2) is 18.0 Å². The zero-order chi connectivity index (χ0) is 16.1. The Kier molecular flexibility index (Phi) is 5.42. The third-order valence-electron chi connectivity index (χ3n) is 4.01. The molecule has 0 saturated carbocycles. The molecule has 3 aromatic rings. The molecule has 0 saturated heterocycles. The number of hydrogen-bond donors (Lipinski definition) is 1. The van der Waals surface area contributed by atoms with Gasteiger partial charge in [-0.05, 0) is 42.5 Å². The molecule has 0 spiro atoms. The minimum atomic E-state index is 0.612. The number of aromatic amines is 1. The fourth-order valence-electron chi connectivity index (χ4n) is 3.01. The number of fused-ring (bicyclic) bond motifs is 1. The quantitative estimate of drug-likeness (QED) is 0.472. The van der Waals surface area contributed by atoms with E-state index in [1.54, 1.807) is 18.9 Å². The number of aromatic nitrogens is 1. The zero-order valence-electron chi connectivity index (χ0n) is 13.7. The predicted octanol–water partition coefficient (Wildman–Crippen LogP) is 5.29. The first-order valence-electron chi connectivity index (χ1n) is 8.02. The molecule has 1 N–H and O–H groups in total. The molecule has 1 aromatic heterocycles. The molecule has 0 radical (unpaired) electrons. The van der Waals surface area contributed by atoms with Gasteiger partial charge in [-0.1, -0.05) is 55.1 Å². The van der Waals surface area contributed by atoms with Crippen LogP contribution in [0.4, 0.5) is 0 Å². The molecular formula is C20H23NOS. The molecule has 2 nitrogen and oxygen atoms in total. The van der Waals surface area contributed by atoms with Crippen LogP contribution in [0.2, 0.25) is 0 Å². The number of H-pyrrole nitrogens is 1. The second kappa shape index (κ2) is 7.71. The van der Waals surface area contributed by atoms with Gasteiger partial charge < -0.3 is 9.72 Å². The van der Waals surface area contributed by atoms with Crippen molar-refractivity contribution < 1.29 is 4.74 Å². The summed E-state index contributed by atoms with van der Waals surface area (Å²) in [6.45, 7) is 2.32. The van der Waals surface area contributed by atoms with Crippen LogP contribution < -0.4 is 0 Å². The van der Waals surface area contributed by atoms with Gasteiger partial charge in [0.15, 0.2) is 0 Å². The van der Waals surface area contributed by atoms with Crippen molar-refractivity contribution in [1.82, 2.24) is 4.98 Å². The average molecular weight is 325 g/mol. The molecule has 3 heteroatoms. The van der Waals surface area contributed by atoms with Gasteiger partial charge in [-0.15, -0.1) is 0 Å². The second-order valence-electron chi connectivity index (χ2n) is 6.06. The highest BCUT2D eigenvalue weighted by atomic mass is 32.2. The van der Waals surface area contributed by atoms with Crippen LogP contribution in [0.3, 0.4) is 0 Å². The Bertz CT molecular complexity index is 751. The highest BCUT2D eigenvalue weighted by Crippen LogP contribution is 2.29. The van der Waals surface area contributed by atoms with E-state index in [4.69, 9.17) is 4.74 Å². The van der Waals surface area contributed by atoms with Gasteiger partial charge in [-0.2, -0.15) is 0 Å². The molecule has 0 aliphatic rings. The minimum Gasteiger partial charge on any atom is -0.374 e. The Morgan fingerprint density at radius 3 is 2.65 bits per heavy atom. The third-order valence-corrected chi connectivity index (χ3v) is 5.03. The van der Waals surface area contributed by atoms with Crippen LogP contribution in [0.1, 0.15) is 18.2 Å². The van der Waals surface area contributed by atoms with Gasteiger partial charge in [-0.25, -0.2) is 0 Å². The summed E-state index contributed by atoms with van der Waals surface area (Å²) < 4.78 is 5.19. The number of nitrogens with one attached hydrogen (secondary N) is 1. The fourth-order valence-corrected chi connectivity index (χ4v) is 3.75. The number of methoxy groups -OCH3 is 1. The maximum absolute atomic E-state index is 5.19. The summed E-state index contributed by atoms with van der Waals surface area (Å²) in [5.41, 5.74) is 3.94. The Morgan fingerprint density at radius 2 is 1.87 bits per heavy atom. The van der Waals surface area contributed by atoms with Crippen molar-refractivity contribution in [2.75, 3.05) is 13.0 Å². The van der Waals surface area contributed by atoms with Gasteiger partial charge in [0.25, 0.3) is 0 Å². The van der Waals surface area contributed by atoms with Crippen molar-refractivity contribution in [1.29, 1.82) is 0 Å². The van der Waals surface area contributed by atoms with Crippen molar-refractivity contribution in [3.8, 4) is 0 Å². The minimum absolute atomic E-state index is 0.612. The van der Waals surface area contributed by atoms with E-state index in [2.05, 4.69) is 66.5 Å². The van der Waals surface area contributed by atoms with E-state index in [-0.39, 0.29) is 0 Å². The highest BCUT2D eigenvalue weighted by molar-refractivity contribution is 7.99. The monoisotopic (exact) mass is 325 g/mol. The van der Waals surface area contributed by atoms with E-state index in [9.17, 15) is 0 Å². The molecule has 3 rings (SSSR count). The molecule has 120 valence electrons. The van der Waals surface area contributed by atoms with Crippen LogP contribution in [0, 0.1) is 5.92 Å². The van der Waals surface area contributed by atoms with Crippen LogP contribution in [0.15, 0.2) is 59.5 Å². The van der Waals surface area contributed by atoms with Gasteiger partial charge in [0.1, 0.15) is 0 Å². The SMILES string of the molecule is COCSc1cccc2[nH]c(CC(C)Cc3ccccc3)cc12. The van der Waals surface area contributed by atoms with Crippen molar-refractivity contribution >= 4 is 22.7 Å². The molecule has 1 unspecified atom stereocenters. The molecule has 1 heterocycles. The normalized spacial score (nSPS) is 12.6. The van der Waals surface area contributed by atoms with Gasteiger partial charge >= 0.3 is 0 Å². The predicted molar refractivity (Wildman–Crippen MR) is 99.0 cm³/mol. The summed E-state index contributed by atoms with van der Waals surface area (Å²) in [5, 5.41) is 1.30. The average Bonchev–Trinajstić information content (AvgIpc) is 2.96. The molecule has 0 fully saturated rings. The number of hydrogen-bond acceptors (Lipinski definition) is 2. The summed E-state index contributed by atoms with van der Waals surface area (Å²) in [6, 6.07) is 19.4. The molecule has 2 aromatic carbocycles. The summed E-state index contributed by atoms with van der Waals surface area (Å²) in [5.74, 6) is 1.30. The van der Waals surface area contributed by atoms with E-state index in [1.807, 2.05) is 0 Å². The Hall–Kier alpha value is -1.71. The lowest BCUT2D eigenvalue weighted by Gasteiger charge is -2.10. The van der Waals surface area contributed by atoms with Crippen LogP contribution >= 0.6 is 11.8 Å². The smallest absolute Gasteiger partial charge is 0.0963 e. The Balaban J connectivity index is 1.73. The summed E-state index contributed by atoms with van der Waals surface area (Å²) >= 11 is 1.74. The van der Waals surface area contributed by atoms with E-state index >= 15 is 0 Å². The second-order valence-corrected chi connectivity index (χ2v) is 7.03. The lowest BCUT2D eigenvalue weighted by Crippen LogP contribution is -2.03. The Morgan fingerprint density at radius 1 is 1.04 bits per heavy atom. The molecule has 1 atom stereocenters. The first-order chi connectivity index (χ1) is 11.3. The largest absolute Gasteiger partial charge is 0.374 e. The number of ether oxygens (including phenoxy) is 1. The highest BCUT2D eigenvalue weighted by Gasteiger charge is 2.10. The van der Waals surface area contributed by atoms with Gasteiger partial charge in [0.2, 0.25) is 0 Å². The lowest BCUT2D eigenvalue weighted by atomic mass is 9.97. The first-order valence-corrected chi connectivity index (χ1v) is 9.01. The van der Waals surface area contributed by atoms with E-state index < -0.39 is 0 Å². The summed E-state index contributed by atoms with van der Waals surface area (Å²) in [7, 11) is 1.74. The molecule has 23 heavy (non-hydrogen) atoms. The topological polar surface area (TPSA) is 25.0 Å². The van der Waals surface area contributed by atoms with E-state index in [0.29, 0.717) is 11.9 Å². The van der Waals surface area contributed by atoms with Gasteiger partial charge in [-0.3, -0.25) is 0 Å². The molecule has 0 aliphatic heterocycles. The fraction of sp³-hybridized carbons (Fsp3) is 0.300. The first kappa shape index (κ1) is 16.2. The zero-order valence-corrected chi connectivity index (χ0v) is 14.5. The number of thioether (sulfide) groups is 1. The molecular weight excluding hydrogens is 302 g/mol. The van der Waals surface area contributed by atoms with Crippen molar-refractivity contribution in [3.63, 3.8) is 0 Å². The van der Waals surface area contributed by atoms with Crippen LogP contribution in [0.5, 0.6) is 0 Å². The van der Waals surface area contributed by atoms with Crippen LogP contribution in [0.25, 0.3) is 10.9 Å². The van der Waals surface area contributed by atoms with Gasteiger partial charge in [0.05, 0.1) is 5.94 Å². The number of rotatable bonds is 7. The van der Waals surface area contributed by atoms with E-state index in [0.717, 1.165) is 12.8 Å². The molecule has 0 aliphatic carbocycles. The summed E-state index contributed by atoms with van der Waals surface area (Å²) in [4.78, 5) is 4.86. The van der Waals surface area contributed by atoms with E-state index in [1.165, 1.54) is 27.1 Å². The van der Waals surface area contributed by atoms with Crippen LogP contribution in [-0.2, 0) is 17.6 Å². The van der Waals surface area contributed by atoms with Crippen molar-refractivity contribution in [3.05, 3.63) is 65.9 Å². The molecule has 0 bridgehead atoms. The van der Waals surface area contributed by atoms with Gasteiger partial charge in [0, 0.05) is 28.6 Å². The maximum Gasteiger partial charge on any atom is 0.0963 e. The maximum atomic E-state index is 5.19.